The number of benzene rings is 1. The number of hydrogen-bond donors (Lipinski definition) is 2. The summed E-state index contributed by atoms with van der Waals surface area (Å²) < 4.78 is 1.62. The van der Waals surface area contributed by atoms with E-state index in [1.165, 1.54) is 12.1 Å². The number of anilines is 1. The predicted octanol–water partition coefficient (Wildman–Crippen LogP) is 1.90. The lowest BCUT2D eigenvalue weighted by Crippen LogP contribution is -2.44. The van der Waals surface area contributed by atoms with Gasteiger partial charge in [0.05, 0.1) is 12.1 Å². The maximum atomic E-state index is 12.3. The van der Waals surface area contributed by atoms with Crippen molar-refractivity contribution < 1.29 is 14.8 Å². The molecule has 1 aliphatic rings. The molecule has 1 aromatic carbocycles. The number of amides is 1. The van der Waals surface area contributed by atoms with Gasteiger partial charge in [-0.3, -0.25) is 14.9 Å². The number of nitrogens with one attached hydrogen (secondary N) is 1. The van der Waals surface area contributed by atoms with Crippen LogP contribution in [0, 0.1) is 10.1 Å². The number of rotatable bonds is 3. The van der Waals surface area contributed by atoms with E-state index in [1.54, 1.807) is 23.0 Å². The molecule has 2 aromatic rings. The van der Waals surface area contributed by atoms with Crippen LogP contribution in [0.25, 0.3) is 0 Å². The SMILES string of the molecule is CC(C)n1ncc2c1NC(=O)[C@H]([N+](=O)[O-])[C@H]2c1cccc(O)c1. The molecule has 23 heavy (non-hydrogen) atoms. The van der Waals surface area contributed by atoms with Crippen molar-refractivity contribution in [3.8, 4) is 5.75 Å². The number of phenols is 1. The minimum absolute atomic E-state index is 0.00367. The molecule has 8 nitrogen and oxygen atoms in total. The van der Waals surface area contributed by atoms with Crippen LogP contribution >= 0.6 is 0 Å². The summed E-state index contributed by atoms with van der Waals surface area (Å²) >= 11 is 0. The van der Waals surface area contributed by atoms with Crippen LogP contribution in [-0.2, 0) is 4.79 Å². The molecule has 0 spiro atoms. The van der Waals surface area contributed by atoms with Gasteiger partial charge in [0.1, 0.15) is 11.6 Å². The Morgan fingerprint density at radius 3 is 2.78 bits per heavy atom. The highest BCUT2D eigenvalue weighted by Crippen LogP contribution is 2.39. The Kier molecular flexibility index (Phi) is 3.51. The molecule has 2 atom stereocenters. The standard InChI is InChI=1S/C15H16N4O4/c1-8(2)18-14-11(7-16-18)12(9-4-3-5-10(20)6-9)13(19(22)23)15(21)17-14/h3-8,12-13,20H,1-2H3,(H,17,21)/t12-,13+/m0/s1. The van der Waals surface area contributed by atoms with Gasteiger partial charge in [-0.05, 0) is 31.5 Å². The summed E-state index contributed by atoms with van der Waals surface area (Å²) in [7, 11) is 0. The molecule has 0 saturated heterocycles. The first-order chi connectivity index (χ1) is 10.9. The Hall–Kier alpha value is -2.90. The number of hydrogen-bond acceptors (Lipinski definition) is 5. The van der Waals surface area contributed by atoms with Gasteiger partial charge in [0.25, 0.3) is 0 Å². The molecule has 3 rings (SSSR count). The minimum Gasteiger partial charge on any atom is -0.508 e. The van der Waals surface area contributed by atoms with Gasteiger partial charge in [-0.2, -0.15) is 5.10 Å². The molecule has 8 heteroatoms. The third-order valence-corrected chi connectivity index (χ3v) is 3.93. The summed E-state index contributed by atoms with van der Waals surface area (Å²) in [6.45, 7) is 3.81. The van der Waals surface area contributed by atoms with E-state index in [9.17, 15) is 20.0 Å². The van der Waals surface area contributed by atoms with Crippen LogP contribution in [0.5, 0.6) is 5.75 Å². The van der Waals surface area contributed by atoms with E-state index < -0.39 is 22.8 Å². The van der Waals surface area contributed by atoms with Gasteiger partial charge >= 0.3 is 11.9 Å². The van der Waals surface area contributed by atoms with E-state index >= 15 is 0 Å². The highest BCUT2D eigenvalue weighted by molar-refractivity contribution is 5.97. The molecule has 120 valence electrons. The molecule has 0 fully saturated rings. The molecule has 1 amide bonds. The molecule has 0 bridgehead atoms. The second-order valence-electron chi connectivity index (χ2n) is 5.78. The summed E-state index contributed by atoms with van der Waals surface area (Å²) in [5, 5.41) is 28.0. The first kappa shape index (κ1) is 15.0. The van der Waals surface area contributed by atoms with Gasteiger partial charge in [0.2, 0.25) is 0 Å². The smallest absolute Gasteiger partial charge is 0.301 e. The van der Waals surface area contributed by atoms with Crippen LogP contribution in [0.1, 0.15) is 36.9 Å². The molecule has 0 saturated carbocycles. The predicted molar refractivity (Wildman–Crippen MR) is 82.0 cm³/mol. The average molecular weight is 316 g/mol. The van der Waals surface area contributed by atoms with Gasteiger partial charge in [-0.15, -0.1) is 0 Å². The Bertz CT molecular complexity index is 784. The Balaban J connectivity index is 2.20. The zero-order chi connectivity index (χ0) is 16.7. The number of aromatic hydroxyl groups is 1. The molecular formula is C15H16N4O4. The van der Waals surface area contributed by atoms with Gasteiger partial charge in [-0.1, -0.05) is 12.1 Å². The second kappa shape index (κ2) is 5.38. The van der Waals surface area contributed by atoms with Crippen molar-refractivity contribution in [2.24, 2.45) is 0 Å². The number of fused-ring (bicyclic) bond motifs is 1. The number of aromatic nitrogens is 2. The molecule has 2 heterocycles. The Morgan fingerprint density at radius 2 is 2.17 bits per heavy atom. The van der Waals surface area contributed by atoms with Crippen molar-refractivity contribution in [2.75, 3.05) is 5.32 Å². The molecule has 0 unspecified atom stereocenters. The van der Waals surface area contributed by atoms with Crippen LogP contribution in [0.4, 0.5) is 5.82 Å². The zero-order valence-corrected chi connectivity index (χ0v) is 12.6. The van der Waals surface area contributed by atoms with Crippen molar-refractivity contribution in [1.82, 2.24) is 9.78 Å². The summed E-state index contributed by atoms with van der Waals surface area (Å²) in [6, 6.07) is 4.71. The summed E-state index contributed by atoms with van der Waals surface area (Å²) in [5.74, 6) is -1.02. The lowest BCUT2D eigenvalue weighted by atomic mass is 9.83. The fourth-order valence-corrected chi connectivity index (χ4v) is 2.93. The van der Waals surface area contributed by atoms with Crippen molar-refractivity contribution in [3.63, 3.8) is 0 Å². The van der Waals surface area contributed by atoms with Gasteiger partial charge in [0.15, 0.2) is 0 Å². The first-order valence-electron chi connectivity index (χ1n) is 7.21. The van der Waals surface area contributed by atoms with Crippen LogP contribution < -0.4 is 5.32 Å². The van der Waals surface area contributed by atoms with Crippen molar-refractivity contribution >= 4 is 11.7 Å². The topological polar surface area (TPSA) is 110 Å². The second-order valence-corrected chi connectivity index (χ2v) is 5.78. The number of phenolic OH excluding ortho intramolecular Hbond substituents is 1. The van der Waals surface area contributed by atoms with Gasteiger partial charge in [-0.25, -0.2) is 4.68 Å². The fraction of sp³-hybridized carbons (Fsp3) is 0.333. The van der Waals surface area contributed by atoms with Gasteiger partial charge in [0, 0.05) is 16.5 Å². The molecule has 2 N–H and O–H groups in total. The normalized spacial score (nSPS) is 20.2. The van der Waals surface area contributed by atoms with E-state index in [1.807, 2.05) is 13.8 Å². The van der Waals surface area contributed by atoms with Crippen molar-refractivity contribution in [3.05, 3.63) is 51.7 Å². The maximum Gasteiger partial charge on any atom is 0.301 e. The van der Waals surface area contributed by atoms with E-state index in [0.29, 0.717) is 16.9 Å². The van der Waals surface area contributed by atoms with E-state index in [4.69, 9.17) is 0 Å². The fourth-order valence-electron chi connectivity index (χ4n) is 2.93. The number of nitrogens with zero attached hydrogens (tertiary/aromatic N) is 3. The lowest BCUT2D eigenvalue weighted by molar-refractivity contribution is -0.509. The largest absolute Gasteiger partial charge is 0.508 e. The molecule has 0 radical (unpaired) electrons. The number of nitro groups is 1. The average Bonchev–Trinajstić information content (AvgIpc) is 2.88. The van der Waals surface area contributed by atoms with E-state index in [2.05, 4.69) is 10.4 Å². The zero-order valence-electron chi connectivity index (χ0n) is 12.6. The molecule has 1 aliphatic heterocycles. The minimum atomic E-state index is -1.46. The van der Waals surface area contributed by atoms with Crippen LogP contribution in [0.3, 0.4) is 0 Å². The highest BCUT2D eigenvalue weighted by Gasteiger charge is 2.47. The molecule has 1 aromatic heterocycles. The molecular weight excluding hydrogens is 300 g/mol. The number of carbonyl (C=O) groups is 1. The van der Waals surface area contributed by atoms with E-state index in [0.717, 1.165) is 0 Å². The Morgan fingerprint density at radius 1 is 1.43 bits per heavy atom. The highest BCUT2D eigenvalue weighted by atomic mass is 16.6. The summed E-state index contributed by atoms with van der Waals surface area (Å²) in [6.07, 6.45) is 1.54. The Labute approximate surface area is 131 Å². The van der Waals surface area contributed by atoms with Crippen molar-refractivity contribution in [2.45, 2.75) is 31.8 Å². The maximum absolute atomic E-state index is 12.3. The summed E-state index contributed by atoms with van der Waals surface area (Å²) in [4.78, 5) is 23.1. The van der Waals surface area contributed by atoms with Crippen LogP contribution in [0.15, 0.2) is 30.5 Å². The first-order valence-corrected chi connectivity index (χ1v) is 7.21. The summed E-state index contributed by atoms with van der Waals surface area (Å²) in [5.41, 5.74) is 1.08. The van der Waals surface area contributed by atoms with Crippen LogP contribution in [0.2, 0.25) is 0 Å². The third-order valence-electron chi connectivity index (χ3n) is 3.93. The van der Waals surface area contributed by atoms with Crippen molar-refractivity contribution in [1.29, 1.82) is 0 Å². The molecule has 0 aliphatic carbocycles. The quantitative estimate of drug-likeness (QED) is 0.663. The van der Waals surface area contributed by atoms with E-state index in [-0.39, 0.29) is 11.8 Å². The monoisotopic (exact) mass is 316 g/mol. The third kappa shape index (κ3) is 2.41. The van der Waals surface area contributed by atoms with Crippen LogP contribution in [-0.4, -0.2) is 31.8 Å². The number of carbonyl (C=O) groups excluding carboxylic acids is 1. The van der Waals surface area contributed by atoms with Gasteiger partial charge < -0.3 is 10.4 Å². The lowest BCUT2D eigenvalue weighted by Gasteiger charge is -2.27.